The largest absolute Gasteiger partial charge is 0.494 e. The van der Waals surface area contributed by atoms with E-state index in [2.05, 4.69) is 26.1 Å². The Morgan fingerprint density at radius 1 is 0.875 bits per heavy atom. The number of primary amides is 1. The van der Waals surface area contributed by atoms with Crippen molar-refractivity contribution in [3.63, 3.8) is 0 Å². The van der Waals surface area contributed by atoms with Gasteiger partial charge in [-0.25, -0.2) is 9.97 Å². The Labute approximate surface area is 330 Å². The van der Waals surface area contributed by atoms with Crippen LogP contribution >= 0.6 is 0 Å². The monoisotopic (exact) mass is 777 g/mol. The van der Waals surface area contributed by atoms with Gasteiger partial charge in [0.1, 0.15) is 29.4 Å². The van der Waals surface area contributed by atoms with Crippen LogP contribution in [-0.4, -0.2) is 112 Å². The van der Waals surface area contributed by atoms with Gasteiger partial charge in [0.15, 0.2) is 5.84 Å². The molecule has 1 aliphatic heterocycles. The quantitative estimate of drug-likeness (QED) is 0.0356. The molecule has 0 fully saturated rings. The van der Waals surface area contributed by atoms with Crippen LogP contribution in [0.4, 0.5) is 5.69 Å². The lowest BCUT2D eigenvalue weighted by atomic mass is 10.1. The number of anilines is 1. The third-order valence-corrected chi connectivity index (χ3v) is 8.64. The van der Waals surface area contributed by atoms with E-state index in [1.807, 2.05) is 12.1 Å². The van der Waals surface area contributed by atoms with Gasteiger partial charge < -0.3 is 44.4 Å². The van der Waals surface area contributed by atoms with Crippen LogP contribution in [-0.2, 0) is 30.2 Å². The smallest absolute Gasteiger partial charge is 0.305 e. The minimum absolute atomic E-state index is 0.102. The lowest BCUT2D eigenvalue weighted by Crippen LogP contribution is -2.37. The Morgan fingerprint density at radius 3 is 2.25 bits per heavy atom. The van der Waals surface area contributed by atoms with Crippen molar-refractivity contribution in [1.82, 2.24) is 14.9 Å². The number of benzene rings is 2. The van der Waals surface area contributed by atoms with Crippen molar-refractivity contribution in [3.05, 3.63) is 77.9 Å². The molecule has 15 nitrogen and oxygen atoms in total. The van der Waals surface area contributed by atoms with Gasteiger partial charge in [0.05, 0.1) is 53.3 Å². The number of hydrogen-bond donors (Lipinski definition) is 4. The number of nitrogens with one attached hydrogen (secondary N) is 3. The predicted octanol–water partition coefficient (Wildman–Crippen LogP) is 5.66. The lowest BCUT2D eigenvalue weighted by Gasteiger charge is -2.20. The molecule has 56 heavy (non-hydrogen) atoms. The highest BCUT2D eigenvalue weighted by molar-refractivity contribution is 6.06. The average Bonchev–Trinajstić information content (AvgIpc) is 3.23. The Bertz CT molecular complexity index is 1610. The first-order valence-corrected chi connectivity index (χ1v) is 19.3. The van der Waals surface area contributed by atoms with Crippen LogP contribution in [0.2, 0.25) is 0 Å². The van der Waals surface area contributed by atoms with Gasteiger partial charge in [0, 0.05) is 44.1 Å². The van der Waals surface area contributed by atoms with Gasteiger partial charge in [-0.1, -0.05) is 18.9 Å². The third-order valence-electron chi connectivity index (χ3n) is 8.64. The Hall–Kier alpha value is -5.12. The van der Waals surface area contributed by atoms with Crippen LogP contribution in [0.15, 0.2) is 61.1 Å². The fourth-order valence-electron chi connectivity index (χ4n) is 5.39. The summed E-state index contributed by atoms with van der Waals surface area (Å²) in [4.78, 5) is 31.3. The van der Waals surface area contributed by atoms with E-state index in [0.717, 1.165) is 89.1 Å². The number of fused-ring (bicyclic) bond motifs is 1. The predicted molar refractivity (Wildman–Crippen MR) is 215 cm³/mol. The number of aromatic nitrogens is 2. The first kappa shape index (κ1) is 45.3. The van der Waals surface area contributed by atoms with E-state index < -0.39 is 5.91 Å². The van der Waals surface area contributed by atoms with Crippen LogP contribution < -0.4 is 20.5 Å². The van der Waals surface area contributed by atoms with Crippen LogP contribution in [0.5, 0.6) is 11.5 Å². The molecule has 0 aliphatic carbocycles. The molecule has 0 saturated heterocycles. The van der Waals surface area contributed by atoms with Gasteiger partial charge in [-0.15, -0.1) is 0 Å². The Morgan fingerprint density at radius 2 is 1.57 bits per heavy atom. The number of ether oxygens (including phenoxy) is 6. The van der Waals surface area contributed by atoms with Gasteiger partial charge in [-0.2, -0.15) is 0 Å². The second-order valence-electron chi connectivity index (χ2n) is 13.0. The summed E-state index contributed by atoms with van der Waals surface area (Å²) in [6, 6.07) is 14.5. The highest BCUT2D eigenvalue weighted by atomic mass is 16.5. The van der Waals surface area contributed by atoms with E-state index in [1.165, 1.54) is 23.9 Å². The molecule has 2 heterocycles. The highest BCUT2D eigenvalue weighted by Crippen LogP contribution is 2.28. The van der Waals surface area contributed by atoms with Gasteiger partial charge in [-0.3, -0.25) is 20.4 Å². The molecule has 0 radical (unpaired) electrons. The number of carbonyl (C=O) groups is 2. The van der Waals surface area contributed by atoms with Crippen molar-refractivity contribution in [2.24, 2.45) is 5.73 Å². The van der Waals surface area contributed by atoms with Crippen molar-refractivity contribution in [2.75, 3.05) is 78.9 Å². The number of amides is 1. The van der Waals surface area contributed by atoms with Crippen LogP contribution in [0.3, 0.4) is 0 Å². The zero-order chi connectivity index (χ0) is 40.2. The normalized spacial score (nSPS) is 11.6. The van der Waals surface area contributed by atoms with Gasteiger partial charge >= 0.3 is 5.97 Å². The van der Waals surface area contributed by atoms with Gasteiger partial charge in [0.25, 0.3) is 0 Å². The zero-order valence-electron chi connectivity index (χ0n) is 32.9. The standard InChI is InChI=1S/C26H42O7.C15H17N7O/c1-28-26(27)11-5-4-7-15-30-19-21-31-20-18-29-14-6-2-3-8-16-32-24-12-13-25-23(22-24)10-9-17-33-25;1-22(14(17)12-5-6-19-9-21-12)13(16)8-20-11-4-2-3-10(7-11)15(18)23/h12-13,22H,2-11,14-21H2,1H3;2-7,9,16-17,20H,8H2,1H3,(H2,18,23). The SMILES string of the molecule is CN(C(=N)CNc1cccc(C(N)=O)c1)C(=N)c1ccncn1.COC(=O)CCCCCOCCOCCOCCCCCCOc1ccc2c(c1)CCCO2. The molecule has 3 aromatic rings. The van der Waals surface area contributed by atoms with E-state index in [1.54, 1.807) is 43.6 Å². The molecule has 1 amide bonds. The van der Waals surface area contributed by atoms with Crippen LogP contribution in [0.1, 0.15) is 79.4 Å². The lowest BCUT2D eigenvalue weighted by molar-refractivity contribution is -0.140. The van der Waals surface area contributed by atoms with Crippen LogP contribution in [0.25, 0.3) is 0 Å². The minimum Gasteiger partial charge on any atom is -0.494 e. The fraction of sp³-hybridized carbons (Fsp3) is 0.512. The van der Waals surface area contributed by atoms with Crippen molar-refractivity contribution in [1.29, 1.82) is 10.8 Å². The topological polar surface area (TPSA) is 204 Å². The van der Waals surface area contributed by atoms with Crippen molar-refractivity contribution in [2.45, 2.75) is 64.2 Å². The number of nitrogens with two attached hydrogens (primary N) is 1. The summed E-state index contributed by atoms with van der Waals surface area (Å²) < 4.78 is 32.8. The number of likely N-dealkylation sites (N-methyl/N-ethyl adjacent to an activating group) is 1. The summed E-state index contributed by atoms with van der Waals surface area (Å²) in [5, 5.41) is 19.1. The van der Waals surface area contributed by atoms with E-state index >= 15 is 0 Å². The molecule has 306 valence electrons. The van der Waals surface area contributed by atoms with E-state index in [0.29, 0.717) is 56.4 Å². The van der Waals surface area contributed by atoms with Crippen molar-refractivity contribution >= 4 is 29.2 Å². The number of methoxy groups -OCH3 is 1. The van der Waals surface area contributed by atoms with Gasteiger partial charge in [-0.05, 0) is 93.0 Å². The molecular weight excluding hydrogens is 718 g/mol. The Kier molecular flexibility index (Phi) is 22.2. The first-order valence-electron chi connectivity index (χ1n) is 19.3. The molecule has 0 unspecified atom stereocenters. The van der Waals surface area contributed by atoms with E-state index in [9.17, 15) is 9.59 Å². The summed E-state index contributed by atoms with van der Waals surface area (Å²) in [6.45, 7) is 5.64. The summed E-state index contributed by atoms with van der Waals surface area (Å²) in [6.07, 6.45) is 12.7. The van der Waals surface area contributed by atoms with Crippen LogP contribution in [0, 0.1) is 10.8 Å². The second kappa shape index (κ2) is 27.5. The summed E-state index contributed by atoms with van der Waals surface area (Å²) in [5.41, 5.74) is 7.99. The van der Waals surface area contributed by atoms with E-state index in [-0.39, 0.29) is 24.2 Å². The molecule has 1 aromatic heterocycles. The molecule has 0 saturated carbocycles. The molecule has 0 bridgehead atoms. The number of esters is 1. The average molecular weight is 778 g/mol. The summed E-state index contributed by atoms with van der Waals surface area (Å²) >= 11 is 0. The Balaban J connectivity index is 0.000000320. The van der Waals surface area contributed by atoms with Crippen molar-refractivity contribution < 1.29 is 38.0 Å². The number of hydrogen-bond acceptors (Lipinski definition) is 13. The first-order chi connectivity index (χ1) is 27.3. The number of rotatable bonds is 25. The molecule has 0 spiro atoms. The second-order valence-corrected chi connectivity index (χ2v) is 13.0. The maximum Gasteiger partial charge on any atom is 0.305 e. The summed E-state index contributed by atoms with van der Waals surface area (Å²) in [7, 11) is 3.04. The maximum absolute atomic E-state index is 11.1. The molecule has 5 N–H and O–H groups in total. The minimum atomic E-state index is -0.508. The fourth-order valence-corrected chi connectivity index (χ4v) is 5.39. The number of amidine groups is 2. The molecule has 15 heteroatoms. The molecule has 1 aliphatic rings. The molecule has 0 atom stereocenters. The summed E-state index contributed by atoms with van der Waals surface area (Å²) in [5.74, 6) is 1.58. The number of nitrogens with zero attached hydrogens (tertiary/aromatic N) is 3. The number of aryl methyl sites for hydroxylation is 1. The molecular formula is C41H59N7O8. The number of carbonyl (C=O) groups excluding carboxylic acids is 2. The van der Waals surface area contributed by atoms with Crippen molar-refractivity contribution in [3.8, 4) is 11.5 Å². The van der Waals surface area contributed by atoms with E-state index in [4.69, 9.17) is 40.2 Å². The zero-order valence-corrected chi connectivity index (χ0v) is 32.9. The number of unbranched alkanes of at least 4 members (excludes halogenated alkanes) is 5. The third kappa shape index (κ3) is 18.5. The molecule has 2 aromatic carbocycles. The van der Waals surface area contributed by atoms with Gasteiger partial charge in [0.2, 0.25) is 5.91 Å². The highest BCUT2D eigenvalue weighted by Gasteiger charge is 2.14. The molecule has 4 rings (SSSR count). The maximum atomic E-state index is 11.1.